The molecule has 11 heteroatoms. The average molecular weight is 614 g/mol. The number of rotatable bonds is 13. The Hall–Kier alpha value is -3.38. The molecule has 0 radical (unpaired) electrons. The first-order valence-electron chi connectivity index (χ1n) is 15.2. The van der Waals surface area contributed by atoms with Crippen molar-refractivity contribution in [1.29, 1.82) is 0 Å². The molecule has 2 aromatic carbocycles. The maximum Gasteiger partial charge on any atom is 0.303 e. The Morgan fingerprint density at radius 2 is 1.77 bits per heavy atom. The van der Waals surface area contributed by atoms with Gasteiger partial charge in [-0.3, -0.25) is 19.6 Å². The van der Waals surface area contributed by atoms with Crippen LogP contribution in [0.25, 0.3) is 10.9 Å². The SMILES string of the molecule is COc1ccc2ncc(CN3CCOCC3)c([C@@H](O)CCC3(CC(=O)O)CCN(CCOc4cc(F)cc(F)c4)CC3)c2c1. The third kappa shape index (κ3) is 8.20. The lowest BCUT2D eigenvalue weighted by Gasteiger charge is -2.41. The maximum atomic E-state index is 13.5. The van der Waals surface area contributed by atoms with Crippen LogP contribution in [-0.4, -0.2) is 90.6 Å². The number of aromatic nitrogens is 1. The molecular formula is C33H41F2N3O6. The van der Waals surface area contributed by atoms with Crippen LogP contribution in [-0.2, 0) is 16.1 Å². The van der Waals surface area contributed by atoms with Crippen LogP contribution in [0.4, 0.5) is 8.78 Å². The van der Waals surface area contributed by atoms with Crippen molar-refractivity contribution in [3.05, 3.63) is 65.4 Å². The van der Waals surface area contributed by atoms with Crippen LogP contribution in [0.15, 0.2) is 42.6 Å². The van der Waals surface area contributed by atoms with Gasteiger partial charge in [-0.05, 0) is 73.5 Å². The topological polar surface area (TPSA) is 105 Å². The van der Waals surface area contributed by atoms with E-state index in [1.54, 1.807) is 7.11 Å². The monoisotopic (exact) mass is 613 g/mol. The number of nitrogens with zero attached hydrogens (tertiary/aromatic N) is 3. The van der Waals surface area contributed by atoms with Crippen molar-refractivity contribution in [3.8, 4) is 11.5 Å². The number of aliphatic carboxylic acids is 1. The van der Waals surface area contributed by atoms with Gasteiger partial charge in [0.1, 0.15) is 29.7 Å². The number of benzene rings is 2. The number of likely N-dealkylation sites (tertiary alicyclic amines) is 1. The molecule has 0 spiro atoms. The highest BCUT2D eigenvalue weighted by atomic mass is 19.1. The number of aliphatic hydroxyl groups excluding tert-OH is 1. The number of carboxylic acids is 1. The fourth-order valence-electron chi connectivity index (χ4n) is 6.46. The molecule has 238 valence electrons. The summed E-state index contributed by atoms with van der Waals surface area (Å²) in [4.78, 5) is 21.1. The molecule has 1 atom stereocenters. The van der Waals surface area contributed by atoms with Crippen molar-refractivity contribution in [2.24, 2.45) is 5.41 Å². The number of halogens is 2. The summed E-state index contributed by atoms with van der Waals surface area (Å²) in [7, 11) is 1.61. The van der Waals surface area contributed by atoms with Crippen molar-refractivity contribution >= 4 is 16.9 Å². The van der Waals surface area contributed by atoms with Gasteiger partial charge in [-0.2, -0.15) is 0 Å². The number of piperidine rings is 1. The molecule has 2 N–H and O–H groups in total. The smallest absolute Gasteiger partial charge is 0.303 e. The van der Waals surface area contributed by atoms with Crippen LogP contribution in [0.1, 0.15) is 49.3 Å². The van der Waals surface area contributed by atoms with Crippen molar-refractivity contribution in [2.75, 3.05) is 59.7 Å². The highest BCUT2D eigenvalue weighted by Gasteiger charge is 2.37. The van der Waals surface area contributed by atoms with E-state index in [9.17, 15) is 23.8 Å². The first-order valence-corrected chi connectivity index (χ1v) is 15.2. The lowest BCUT2D eigenvalue weighted by molar-refractivity contribution is -0.141. The molecule has 2 saturated heterocycles. The first kappa shape index (κ1) is 32.0. The van der Waals surface area contributed by atoms with Gasteiger partial charge in [0, 0.05) is 56.0 Å². The van der Waals surface area contributed by atoms with Crippen LogP contribution in [0.5, 0.6) is 11.5 Å². The summed E-state index contributed by atoms with van der Waals surface area (Å²) in [5, 5.41) is 22.4. The van der Waals surface area contributed by atoms with Gasteiger partial charge in [0.15, 0.2) is 0 Å². The van der Waals surface area contributed by atoms with Crippen molar-refractivity contribution in [1.82, 2.24) is 14.8 Å². The van der Waals surface area contributed by atoms with Gasteiger partial charge in [0.25, 0.3) is 0 Å². The van der Waals surface area contributed by atoms with Crippen LogP contribution in [0, 0.1) is 17.0 Å². The number of carboxylic acid groups (broad SMARTS) is 1. The predicted molar refractivity (Wildman–Crippen MR) is 161 cm³/mol. The van der Waals surface area contributed by atoms with E-state index in [-0.39, 0.29) is 18.8 Å². The fraction of sp³-hybridized carbons (Fsp3) is 0.515. The summed E-state index contributed by atoms with van der Waals surface area (Å²) < 4.78 is 43.5. The number of fused-ring (bicyclic) bond motifs is 1. The predicted octanol–water partition coefficient (Wildman–Crippen LogP) is 4.80. The number of hydrogen-bond acceptors (Lipinski definition) is 8. The lowest BCUT2D eigenvalue weighted by Crippen LogP contribution is -2.42. The van der Waals surface area contributed by atoms with E-state index in [4.69, 9.17) is 14.2 Å². The van der Waals surface area contributed by atoms with Gasteiger partial charge in [-0.15, -0.1) is 0 Å². The number of pyridine rings is 1. The van der Waals surface area contributed by atoms with E-state index < -0.39 is 29.1 Å². The Morgan fingerprint density at radius 3 is 2.45 bits per heavy atom. The quantitative estimate of drug-likeness (QED) is 0.281. The maximum absolute atomic E-state index is 13.5. The van der Waals surface area contributed by atoms with Gasteiger partial charge in [-0.1, -0.05) is 0 Å². The fourth-order valence-corrected chi connectivity index (χ4v) is 6.46. The molecule has 0 aliphatic carbocycles. The van der Waals surface area contributed by atoms with Gasteiger partial charge in [-0.25, -0.2) is 8.78 Å². The normalized spacial score (nSPS) is 18.3. The Kier molecular flexibility index (Phi) is 10.6. The number of morpholine rings is 1. The minimum atomic E-state index is -0.850. The highest BCUT2D eigenvalue weighted by Crippen LogP contribution is 2.42. The van der Waals surface area contributed by atoms with Crippen LogP contribution in [0.3, 0.4) is 0 Å². The van der Waals surface area contributed by atoms with Crippen molar-refractivity contribution in [2.45, 2.75) is 44.8 Å². The summed E-state index contributed by atoms with van der Waals surface area (Å²) in [5.41, 5.74) is 2.07. The van der Waals surface area contributed by atoms with Crippen molar-refractivity contribution < 1.29 is 38.0 Å². The number of aliphatic hydroxyl groups is 1. The molecule has 9 nitrogen and oxygen atoms in total. The summed E-state index contributed by atoms with van der Waals surface area (Å²) in [6.45, 7) is 5.72. The second kappa shape index (κ2) is 14.6. The number of carbonyl (C=O) groups is 1. The molecule has 2 aliphatic heterocycles. The zero-order chi connectivity index (χ0) is 31.1. The van der Waals surface area contributed by atoms with E-state index >= 15 is 0 Å². The summed E-state index contributed by atoms with van der Waals surface area (Å²) in [6, 6.07) is 8.75. The largest absolute Gasteiger partial charge is 0.497 e. The van der Waals surface area contributed by atoms with Gasteiger partial charge < -0.3 is 24.4 Å². The van der Waals surface area contributed by atoms with E-state index in [1.165, 1.54) is 0 Å². The Bertz CT molecular complexity index is 1410. The standard InChI is InChI=1S/C33H41F2N3O6/c1-42-26-2-3-29-28(19-26)32(23(21-36-29)22-38-10-13-43-14-11-38)30(39)4-5-33(20-31(40)41)6-8-37(9-7-33)12-15-44-27-17-24(34)16-25(35)18-27/h2-3,16-19,21,30,39H,4-15,20,22H2,1H3,(H,40,41)/t30-/m0/s1. The minimum Gasteiger partial charge on any atom is -0.497 e. The molecule has 3 heterocycles. The van der Waals surface area contributed by atoms with E-state index in [1.807, 2.05) is 24.4 Å². The molecular weight excluding hydrogens is 572 g/mol. The molecule has 2 aliphatic rings. The lowest BCUT2D eigenvalue weighted by atomic mass is 9.71. The Morgan fingerprint density at radius 1 is 1.05 bits per heavy atom. The third-order valence-corrected chi connectivity index (χ3v) is 8.93. The summed E-state index contributed by atoms with van der Waals surface area (Å²) in [5.74, 6) is -1.41. The molecule has 0 saturated carbocycles. The zero-order valence-corrected chi connectivity index (χ0v) is 25.1. The molecule has 1 aromatic heterocycles. The summed E-state index contributed by atoms with van der Waals surface area (Å²) in [6.07, 6.45) is 3.34. The van der Waals surface area contributed by atoms with Gasteiger partial charge >= 0.3 is 5.97 Å². The average Bonchev–Trinajstić information content (AvgIpc) is 3.00. The Balaban J connectivity index is 1.27. The second-order valence-electron chi connectivity index (χ2n) is 11.9. The van der Waals surface area contributed by atoms with Crippen LogP contribution in [0.2, 0.25) is 0 Å². The molecule has 44 heavy (non-hydrogen) atoms. The number of hydrogen-bond donors (Lipinski definition) is 2. The second-order valence-corrected chi connectivity index (χ2v) is 11.9. The zero-order valence-electron chi connectivity index (χ0n) is 25.1. The summed E-state index contributed by atoms with van der Waals surface area (Å²) >= 11 is 0. The van der Waals surface area contributed by atoms with Gasteiger partial charge in [0.05, 0.1) is 38.4 Å². The molecule has 0 amide bonds. The van der Waals surface area contributed by atoms with E-state index in [2.05, 4.69) is 14.8 Å². The number of methoxy groups -OCH3 is 1. The minimum absolute atomic E-state index is 0.0260. The van der Waals surface area contributed by atoms with E-state index in [0.29, 0.717) is 70.8 Å². The molecule has 2 fully saturated rings. The van der Waals surface area contributed by atoms with Crippen molar-refractivity contribution in [3.63, 3.8) is 0 Å². The first-order chi connectivity index (χ1) is 21.2. The molecule has 0 bridgehead atoms. The third-order valence-electron chi connectivity index (χ3n) is 8.93. The Labute approximate surface area is 256 Å². The molecule has 3 aromatic rings. The van der Waals surface area contributed by atoms with Crippen LogP contribution < -0.4 is 9.47 Å². The van der Waals surface area contributed by atoms with Crippen LogP contribution >= 0.6 is 0 Å². The number of ether oxygens (including phenoxy) is 3. The highest BCUT2D eigenvalue weighted by molar-refractivity contribution is 5.85. The van der Waals surface area contributed by atoms with Gasteiger partial charge in [0.2, 0.25) is 0 Å². The molecule has 0 unspecified atom stereocenters. The van der Waals surface area contributed by atoms with E-state index in [0.717, 1.165) is 53.3 Å². The molecule has 5 rings (SSSR count).